The van der Waals surface area contributed by atoms with Crippen LogP contribution < -0.4 is 0 Å². The minimum absolute atomic E-state index is 0.282. The molecule has 2 rings (SSSR count). The molecule has 1 aliphatic rings. The Morgan fingerprint density at radius 3 is 2.26 bits per heavy atom. The van der Waals surface area contributed by atoms with Gasteiger partial charge in [-0.25, -0.2) is 0 Å². The van der Waals surface area contributed by atoms with Crippen LogP contribution in [-0.4, -0.2) is 19.0 Å². The van der Waals surface area contributed by atoms with Crippen molar-refractivity contribution in [1.29, 1.82) is 0 Å². The Hall–Kier alpha value is -0.820. The molecule has 0 heterocycles. The van der Waals surface area contributed by atoms with Crippen LogP contribution in [0.4, 0.5) is 0 Å². The van der Waals surface area contributed by atoms with Gasteiger partial charge in [-0.1, -0.05) is 56.5 Å². The van der Waals surface area contributed by atoms with E-state index in [9.17, 15) is 0 Å². The number of nitrogens with zero attached hydrogens (tertiary/aromatic N) is 1. The minimum atomic E-state index is 0.282. The van der Waals surface area contributed by atoms with Crippen LogP contribution in [0.15, 0.2) is 30.3 Å². The molecule has 19 heavy (non-hydrogen) atoms. The minimum Gasteiger partial charge on any atom is -0.300 e. The normalized spacial score (nSPS) is 27.7. The average Bonchev–Trinajstić information content (AvgIpc) is 2.46. The molecule has 1 heteroatoms. The van der Waals surface area contributed by atoms with Gasteiger partial charge < -0.3 is 0 Å². The molecule has 0 radical (unpaired) electrons. The van der Waals surface area contributed by atoms with Gasteiger partial charge in [0.1, 0.15) is 0 Å². The molecule has 0 aromatic heterocycles. The second-order valence-electron chi connectivity index (χ2n) is 6.38. The van der Waals surface area contributed by atoms with Gasteiger partial charge in [-0.15, -0.1) is 0 Å². The molecule has 0 aliphatic heterocycles. The predicted octanol–water partition coefficient (Wildman–Crippen LogP) is 4.82. The lowest BCUT2D eigenvalue weighted by Crippen LogP contribution is -2.44. The maximum atomic E-state index is 2.46. The number of unbranched alkanes of at least 4 members (excludes halogenated alkanes) is 1. The van der Waals surface area contributed by atoms with Crippen molar-refractivity contribution in [1.82, 2.24) is 4.90 Å². The van der Waals surface area contributed by atoms with Crippen LogP contribution in [0.3, 0.4) is 0 Å². The third kappa shape index (κ3) is 3.20. The van der Waals surface area contributed by atoms with E-state index in [1.54, 1.807) is 0 Å². The summed E-state index contributed by atoms with van der Waals surface area (Å²) in [6.07, 6.45) is 9.62. The Labute approximate surface area is 119 Å². The van der Waals surface area contributed by atoms with Crippen molar-refractivity contribution in [2.75, 3.05) is 14.1 Å². The summed E-state index contributed by atoms with van der Waals surface area (Å²) in [7, 11) is 4.50. The second-order valence-corrected chi connectivity index (χ2v) is 6.38. The molecule has 1 fully saturated rings. The van der Waals surface area contributed by atoms with Crippen molar-refractivity contribution < 1.29 is 0 Å². The fraction of sp³-hybridized carbons (Fsp3) is 0.667. The maximum absolute atomic E-state index is 2.46. The fourth-order valence-corrected chi connectivity index (χ4v) is 3.68. The summed E-state index contributed by atoms with van der Waals surface area (Å²) in [5.41, 5.74) is 1.79. The molecule has 0 bridgehead atoms. The zero-order valence-electron chi connectivity index (χ0n) is 12.9. The first-order valence-electron chi connectivity index (χ1n) is 7.92. The molecule has 0 N–H and O–H groups in total. The highest BCUT2D eigenvalue weighted by Gasteiger charge is 2.38. The Morgan fingerprint density at radius 1 is 1.11 bits per heavy atom. The second kappa shape index (κ2) is 6.56. The van der Waals surface area contributed by atoms with E-state index in [2.05, 4.69) is 56.3 Å². The monoisotopic (exact) mass is 259 g/mol. The summed E-state index contributed by atoms with van der Waals surface area (Å²) in [5.74, 6) is 0.969. The van der Waals surface area contributed by atoms with Gasteiger partial charge in [0, 0.05) is 5.54 Å². The van der Waals surface area contributed by atoms with Gasteiger partial charge in [0.2, 0.25) is 0 Å². The smallest absolute Gasteiger partial charge is 0.0455 e. The van der Waals surface area contributed by atoms with E-state index >= 15 is 0 Å². The highest BCUT2D eigenvalue weighted by Crippen LogP contribution is 2.44. The molecule has 1 aromatic rings. The fourth-order valence-electron chi connectivity index (χ4n) is 3.68. The standard InChI is InChI=1S/C18H29N/c1-4-5-9-16-12-14-18(15-13-16,19(2)3)17-10-7-6-8-11-17/h6-8,10-11,16H,4-5,9,12-15H2,1-3H3. The Bertz CT molecular complexity index is 361. The van der Waals surface area contributed by atoms with E-state index in [4.69, 9.17) is 0 Å². The van der Waals surface area contributed by atoms with Crippen LogP contribution in [0.1, 0.15) is 57.4 Å². The quantitative estimate of drug-likeness (QED) is 0.732. The summed E-state index contributed by atoms with van der Waals surface area (Å²) < 4.78 is 0. The molecule has 0 amide bonds. The number of hydrogen-bond acceptors (Lipinski definition) is 1. The molecular weight excluding hydrogens is 230 g/mol. The van der Waals surface area contributed by atoms with Gasteiger partial charge in [-0.3, -0.25) is 4.90 Å². The first-order valence-corrected chi connectivity index (χ1v) is 7.92. The molecule has 1 aliphatic carbocycles. The Kier molecular flexibility index (Phi) is 5.04. The zero-order chi connectivity index (χ0) is 13.7. The molecule has 106 valence electrons. The van der Waals surface area contributed by atoms with E-state index in [0.717, 1.165) is 5.92 Å². The predicted molar refractivity (Wildman–Crippen MR) is 83.3 cm³/mol. The first kappa shape index (κ1) is 14.6. The molecule has 0 atom stereocenters. The van der Waals surface area contributed by atoms with Gasteiger partial charge in [-0.05, 0) is 51.3 Å². The van der Waals surface area contributed by atoms with Gasteiger partial charge in [-0.2, -0.15) is 0 Å². The van der Waals surface area contributed by atoms with Gasteiger partial charge in [0.15, 0.2) is 0 Å². The molecule has 1 saturated carbocycles. The molecule has 1 nitrogen and oxygen atoms in total. The SMILES string of the molecule is CCCCC1CCC(c2ccccc2)(N(C)C)CC1. The van der Waals surface area contributed by atoms with Crippen molar-refractivity contribution in [3.8, 4) is 0 Å². The van der Waals surface area contributed by atoms with E-state index in [1.807, 2.05) is 0 Å². The van der Waals surface area contributed by atoms with Gasteiger partial charge >= 0.3 is 0 Å². The summed E-state index contributed by atoms with van der Waals surface area (Å²) in [6.45, 7) is 2.30. The number of benzene rings is 1. The Balaban J connectivity index is 2.08. The molecule has 1 aromatic carbocycles. The molecule has 0 spiro atoms. The van der Waals surface area contributed by atoms with Crippen molar-refractivity contribution in [2.24, 2.45) is 5.92 Å². The van der Waals surface area contributed by atoms with Crippen LogP contribution in [-0.2, 0) is 5.54 Å². The van der Waals surface area contributed by atoms with Gasteiger partial charge in [0.05, 0.1) is 0 Å². The summed E-state index contributed by atoms with van der Waals surface area (Å²) >= 11 is 0. The third-order valence-electron chi connectivity index (χ3n) is 5.07. The average molecular weight is 259 g/mol. The molecular formula is C18H29N. The van der Waals surface area contributed by atoms with E-state index < -0.39 is 0 Å². The van der Waals surface area contributed by atoms with Gasteiger partial charge in [0.25, 0.3) is 0 Å². The topological polar surface area (TPSA) is 3.24 Å². The van der Waals surface area contributed by atoms with Crippen molar-refractivity contribution in [3.05, 3.63) is 35.9 Å². The Morgan fingerprint density at radius 2 is 1.74 bits per heavy atom. The highest BCUT2D eigenvalue weighted by molar-refractivity contribution is 5.25. The van der Waals surface area contributed by atoms with Crippen molar-refractivity contribution >= 4 is 0 Å². The van der Waals surface area contributed by atoms with Crippen LogP contribution in [0.2, 0.25) is 0 Å². The van der Waals surface area contributed by atoms with E-state index in [-0.39, 0.29) is 5.54 Å². The molecule has 0 saturated heterocycles. The van der Waals surface area contributed by atoms with Crippen molar-refractivity contribution in [2.45, 2.75) is 57.4 Å². The zero-order valence-corrected chi connectivity index (χ0v) is 12.9. The maximum Gasteiger partial charge on any atom is 0.0455 e. The summed E-state index contributed by atoms with van der Waals surface area (Å²) in [5, 5.41) is 0. The van der Waals surface area contributed by atoms with Crippen LogP contribution in [0, 0.1) is 5.92 Å². The number of rotatable bonds is 5. The van der Waals surface area contributed by atoms with Crippen LogP contribution in [0.5, 0.6) is 0 Å². The number of hydrogen-bond donors (Lipinski definition) is 0. The van der Waals surface area contributed by atoms with Crippen molar-refractivity contribution in [3.63, 3.8) is 0 Å². The molecule has 0 unspecified atom stereocenters. The first-order chi connectivity index (χ1) is 9.19. The lowest BCUT2D eigenvalue weighted by atomic mass is 9.71. The summed E-state index contributed by atoms with van der Waals surface area (Å²) in [4.78, 5) is 2.46. The van der Waals surface area contributed by atoms with Crippen LogP contribution in [0.25, 0.3) is 0 Å². The van der Waals surface area contributed by atoms with Crippen LogP contribution >= 0.6 is 0 Å². The lowest BCUT2D eigenvalue weighted by Gasteiger charge is -2.45. The largest absolute Gasteiger partial charge is 0.300 e. The highest BCUT2D eigenvalue weighted by atomic mass is 15.1. The summed E-state index contributed by atoms with van der Waals surface area (Å²) in [6, 6.07) is 11.1. The third-order valence-corrected chi connectivity index (χ3v) is 5.07. The lowest BCUT2D eigenvalue weighted by molar-refractivity contribution is 0.0747. The van der Waals surface area contributed by atoms with E-state index in [0.29, 0.717) is 0 Å². The van der Waals surface area contributed by atoms with E-state index in [1.165, 1.54) is 50.5 Å².